The van der Waals surface area contributed by atoms with Gasteiger partial charge in [0, 0.05) is 6.04 Å². The lowest BCUT2D eigenvalue weighted by Crippen LogP contribution is -2.38. The van der Waals surface area contributed by atoms with Crippen LogP contribution in [0, 0.1) is 5.82 Å². The summed E-state index contributed by atoms with van der Waals surface area (Å²) in [5.74, 6) is -0.698. The van der Waals surface area contributed by atoms with E-state index in [1.54, 1.807) is 0 Å². The lowest BCUT2D eigenvalue weighted by molar-refractivity contribution is -0.117. The molecule has 0 spiro atoms. The third-order valence-corrected chi connectivity index (χ3v) is 3.35. The quantitative estimate of drug-likeness (QED) is 0.705. The molecule has 6 heteroatoms. The monoisotopic (exact) mass is 267 g/mol. The van der Waals surface area contributed by atoms with Gasteiger partial charge in [0.1, 0.15) is 5.82 Å². The Kier molecular flexibility index (Phi) is 4.34. The number of amides is 1. The summed E-state index contributed by atoms with van der Waals surface area (Å²) in [4.78, 5) is 13.8. The van der Waals surface area contributed by atoms with E-state index in [1.165, 1.54) is 18.2 Å². The van der Waals surface area contributed by atoms with E-state index >= 15 is 0 Å². The van der Waals surface area contributed by atoms with Crippen molar-refractivity contribution in [2.45, 2.75) is 18.9 Å². The van der Waals surface area contributed by atoms with Crippen LogP contribution in [-0.2, 0) is 4.79 Å². The number of rotatable bonds is 4. The van der Waals surface area contributed by atoms with Gasteiger partial charge in [0.2, 0.25) is 5.91 Å². The summed E-state index contributed by atoms with van der Waals surface area (Å²) in [6.07, 6.45) is 1.87. The Hall–Kier alpha value is -1.66. The maximum absolute atomic E-state index is 13.1. The van der Waals surface area contributed by atoms with Gasteiger partial charge in [0.05, 0.1) is 24.5 Å². The highest BCUT2D eigenvalue weighted by atomic mass is 19.1. The standard InChI is InChI=1S/C13H18FN3O2/c14-9-3-4-11(15)12(6-9)16-13(19)7-17-5-1-2-10(17)8-18/h3-4,6,10,18H,1-2,5,7-8,15H2,(H,16,19). The average Bonchev–Trinajstić information content (AvgIpc) is 2.81. The van der Waals surface area contributed by atoms with Crippen molar-refractivity contribution in [3.63, 3.8) is 0 Å². The Balaban J connectivity index is 1.95. The molecule has 2 rings (SSSR count). The molecule has 104 valence electrons. The topological polar surface area (TPSA) is 78.6 Å². The molecule has 1 atom stereocenters. The zero-order valence-electron chi connectivity index (χ0n) is 10.6. The van der Waals surface area contributed by atoms with Crippen LogP contribution in [0.25, 0.3) is 0 Å². The number of anilines is 2. The Morgan fingerprint density at radius 1 is 1.58 bits per heavy atom. The number of nitrogens with one attached hydrogen (secondary N) is 1. The Bertz CT molecular complexity index is 467. The van der Waals surface area contributed by atoms with Gasteiger partial charge in [-0.1, -0.05) is 0 Å². The molecular weight excluding hydrogens is 249 g/mol. The highest BCUT2D eigenvalue weighted by molar-refractivity contribution is 5.95. The highest BCUT2D eigenvalue weighted by Crippen LogP contribution is 2.20. The summed E-state index contributed by atoms with van der Waals surface area (Å²) in [6.45, 7) is 1.02. The van der Waals surface area contributed by atoms with Crippen molar-refractivity contribution < 1.29 is 14.3 Å². The summed E-state index contributed by atoms with van der Waals surface area (Å²) in [6, 6.07) is 3.89. The zero-order chi connectivity index (χ0) is 13.8. The maximum atomic E-state index is 13.1. The number of likely N-dealkylation sites (tertiary alicyclic amines) is 1. The smallest absolute Gasteiger partial charge is 0.238 e. The van der Waals surface area contributed by atoms with E-state index < -0.39 is 5.82 Å². The maximum Gasteiger partial charge on any atom is 0.238 e. The predicted molar refractivity (Wildman–Crippen MR) is 71.1 cm³/mol. The summed E-state index contributed by atoms with van der Waals surface area (Å²) < 4.78 is 13.1. The van der Waals surface area contributed by atoms with E-state index in [4.69, 9.17) is 5.73 Å². The second-order valence-electron chi connectivity index (χ2n) is 4.73. The van der Waals surface area contributed by atoms with Crippen molar-refractivity contribution in [3.8, 4) is 0 Å². The molecular formula is C13H18FN3O2. The van der Waals surface area contributed by atoms with Gasteiger partial charge in [0.15, 0.2) is 0 Å². The molecule has 0 aromatic heterocycles. The molecule has 19 heavy (non-hydrogen) atoms. The molecule has 1 heterocycles. The minimum atomic E-state index is -0.445. The van der Waals surface area contributed by atoms with Gasteiger partial charge in [-0.15, -0.1) is 0 Å². The summed E-state index contributed by atoms with van der Waals surface area (Å²) in [7, 11) is 0. The lowest BCUT2D eigenvalue weighted by Gasteiger charge is -2.22. The number of hydrogen-bond acceptors (Lipinski definition) is 4. The molecule has 1 aromatic rings. The highest BCUT2D eigenvalue weighted by Gasteiger charge is 2.25. The zero-order valence-corrected chi connectivity index (χ0v) is 10.6. The van der Waals surface area contributed by atoms with Crippen molar-refractivity contribution in [3.05, 3.63) is 24.0 Å². The van der Waals surface area contributed by atoms with Gasteiger partial charge >= 0.3 is 0 Å². The van der Waals surface area contributed by atoms with Gasteiger partial charge in [0.25, 0.3) is 0 Å². The molecule has 1 aromatic carbocycles. The van der Waals surface area contributed by atoms with Crippen LogP contribution in [0.1, 0.15) is 12.8 Å². The fraction of sp³-hybridized carbons (Fsp3) is 0.462. The van der Waals surface area contributed by atoms with E-state index in [-0.39, 0.29) is 30.8 Å². The molecule has 4 N–H and O–H groups in total. The molecule has 1 fully saturated rings. The van der Waals surface area contributed by atoms with Crippen molar-refractivity contribution >= 4 is 17.3 Å². The third-order valence-electron chi connectivity index (χ3n) is 3.35. The molecule has 0 aliphatic carbocycles. The number of carbonyl (C=O) groups excluding carboxylic acids is 1. The number of benzene rings is 1. The molecule has 0 saturated carbocycles. The minimum absolute atomic E-state index is 0.0376. The minimum Gasteiger partial charge on any atom is -0.397 e. The number of aliphatic hydroxyl groups is 1. The molecule has 1 aliphatic heterocycles. The first-order chi connectivity index (χ1) is 9.10. The fourth-order valence-corrected chi connectivity index (χ4v) is 2.32. The normalized spacial score (nSPS) is 19.6. The van der Waals surface area contributed by atoms with Gasteiger partial charge in [-0.3, -0.25) is 9.69 Å². The first kappa shape index (κ1) is 13.8. The van der Waals surface area contributed by atoms with E-state index in [0.717, 1.165) is 19.4 Å². The molecule has 0 bridgehead atoms. The number of carbonyl (C=O) groups is 1. The Morgan fingerprint density at radius 3 is 3.11 bits per heavy atom. The van der Waals surface area contributed by atoms with Crippen LogP contribution in [0.5, 0.6) is 0 Å². The predicted octanol–water partition coefficient (Wildman–Crippen LogP) is 0.803. The first-order valence-corrected chi connectivity index (χ1v) is 6.30. The largest absolute Gasteiger partial charge is 0.397 e. The van der Waals surface area contributed by atoms with Gasteiger partial charge in [-0.2, -0.15) is 0 Å². The molecule has 0 radical (unpaired) electrons. The van der Waals surface area contributed by atoms with Crippen LogP contribution in [0.4, 0.5) is 15.8 Å². The SMILES string of the molecule is Nc1ccc(F)cc1NC(=O)CN1CCCC1CO. The number of aliphatic hydroxyl groups excluding tert-OH is 1. The number of halogens is 1. The van der Waals surface area contributed by atoms with Crippen molar-refractivity contribution in [2.24, 2.45) is 0 Å². The van der Waals surface area contributed by atoms with E-state index in [9.17, 15) is 14.3 Å². The van der Waals surface area contributed by atoms with Gasteiger partial charge in [-0.25, -0.2) is 4.39 Å². The van der Waals surface area contributed by atoms with Crippen molar-refractivity contribution in [2.75, 3.05) is 30.7 Å². The van der Waals surface area contributed by atoms with Gasteiger partial charge in [-0.05, 0) is 37.6 Å². The number of nitrogen functional groups attached to an aromatic ring is 1. The Labute approximate surface area is 111 Å². The van der Waals surface area contributed by atoms with Crippen LogP contribution < -0.4 is 11.1 Å². The fourth-order valence-electron chi connectivity index (χ4n) is 2.32. The summed E-state index contributed by atoms with van der Waals surface area (Å²) in [5.41, 5.74) is 6.28. The second kappa shape index (κ2) is 5.99. The number of hydrogen-bond donors (Lipinski definition) is 3. The van der Waals surface area contributed by atoms with Crippen molar-refractivity contribution in [1.82, 2.24) is 4.90 Å². The van der Waals surface area contributed by atoms with E-state index in [1.807, 2.05) is 4.90 Å². The number of nitrogens with two attached hydrogens (primary N) is 1. The van der Waals surface area contributed by atoms with Gasteiger partial charge < -0.3 is 16.2 Å². The summed E-state index contributed by atoms with van der Waals surface area (Å²) in [5, 5.41) is 11.8. The van der Waals surface area contributed by atoms with E-state index in [2.05, 4.69) is 5.32 Å². The molecule has 1 unspecified atom stereocenters. The van der Waals surface area contributed by atoms with Crippen molar-refractivity contribution in [1.29, 1.82) is 0 Å². The Morgan fingerprint density at radius 2 is 2.37 bits per heavy atom. The van der Waals surface area contributed by atoms with E-state index in [0.29, 0.717) is 5.69 Å². The molecule has 1 amide bonds. The molecule has 1 aliphatic rings. The van der Waals surface area contributed by atoms with Crippen LogP contribution in [0.2, 0.25) is 0 Å². The third kappa shape index (κ3) is 3.42. The van der Waals surface area contributed by atoms with Crippen LogP contribution >= 0.6 is 0 Å². The average molecular weight is 267 g/mol. The van der Waals surface area contributed by atoms with Crippen LogP contribution in [0.3, 0.4) is 0 Å². The molecule has 5 nitrogen and oxygen atoms in total. The van der Waals surface area contributed by atoms with Crippen LogP contribution in [0.15, 0.2) is 18.2 Å². The summed E-state index contributed by atoms with van der Waals surface area (Å²) >= 11 is 0. The van der Waals surface area contributed by atoms with Crippen LogP contribution in [-0.4, -0.2) is 41.7 Å². The lowest BCUT2D eigenvalue weighted by atomic mass is 10.2. The first-order valence-electron chi connectivity index (χ1n) is 6.30. The second-order valence-corrected chi connectivity index (χ2v) is 4.73. The number of nitrogens with zero attached hydrogens (tertiary/aromatic N) is 1. The molecule has 1 saturated heterocycles.